The lowest BCUT2D eigenvalue weighted by Gasteiger charge is -2.24. The van der Waals surface area contributed by atoms with Gasteiger partial charge in [0.05, 0.1) is 5.56 Å². The number of hydrogen-bond acceptors (Lipinski definition) is 5. The van der Waals surface area contributed by atoms with E-state index in [0.29, 0.717) is 23.8 Å². The van der Waals surface area contributed by atoms with Crippen LogP contribution >= 0.6 is 11.8 Å². The Morgan fingerprint density at radius 3 is 2.29 bits per heavy atom. The highest BCUT2D eigenvalue weighted by atomic mass is 32.2. The second-order valence-electron chi connectivity index (χ2n) is 10.9. The fourth-order valence-corrected chi connectivity index (χ4v) is 5.41. The molecule has 0 aliphatic carbocycles. The van der Waals surface area contributed by atoms with Crippen molar-refractivity contribution in [2.24, 2.45) is 11.7 Å². The molecule has 0 saturated heterocycles. The normalized spacial score (nSPS) is 11.5. The van der Waals surface area contributed by atoms with Gasteiger partial charge in [0.25, 0.3) is 0 Å². The summed E-state index contributed by atoms with van der Waals surface area (Å²) in [6, 6.07) is 15.8. The molecule has 3 aromatic rings. The zero-order valence-electron chi connectivity index (χ0n) is 23.5. The topological polar surface area (TPSA) is 94.3 Å². The number of amides is 2. The van der Waals surface area contributed by atoms with Gasteiger partial charge >= 0.3 is 6.09 Å². The van der Waals surface area contributed by atoms with Crippen molar-refractivity contribution in [1.29, 1.82) is 0 Å². The quantitative estimate of drug-likeness (QED) is 0.289. The molecule has 0 spiro atoms. The van der Waals surface area contributed by atoms with Crippen LogP contribution in [0.1, 0.15) is 73.1 Å². The Kier molecular flexibility index (Phi) is 9.60. The Balaban J connectivity index is 2.13. The third-order valence-electron chi connectivity index (χ3n) is 5.97. The number of carbonyl (C=O) groups is 2. The van der Waals surface area contributed by atoms with Crippen LogP contribution in [0.25, 0.3) is 11.1 Å². The van der Waals surface area contributed by atoms with Gasteiger partial charge in [0.2, 0.25) is 5.91 Å². The SMILES string of the molecule is Cc1ccc(-c2c(CSc3ccccc3C(N)=O)c(C)nc(CC(C)C)c2CNC(=O)OC(C)(C)C)cc1. The van der Waals surface area contributed by atoms with Crippen molar-refractivity contribution in [3.05, 3.63) is 82.2 Å². The van der Waals surface area contributed by atoms with Crippen LogP contribution in [0.15, 0.2) is 53.4 Å². The van der Waals surface area contributed by atoms with Gasteiger partial charge in [0.1, 0.15) is 5.60 Å². The highest BCUT2D eigenvalue weighted by Crippen LogP contribution is 2.37. The Morgan fingerprint density at radius 2 is 1.68 bits per heavy atom. The third-order valence-corrected chi connectivity index (χ3v) is 7.07. The van der Waals surface area contributed by atoms with Crippen molar-refractivity contribution in [3.63, 3.8) is 0 Å². The van der Waals surface area contributed by atoms with E-state index in [1.54, 1.807) is 17.8 Å². The molecule has 0 aliphatic heterocycles. The first-order valence-electron chi connectivity index (χ1n) is 12.9. The first-order valence-corrected chi connectivity index (χ1v) is 13.9. The van der Waals surface area contributed by atoms with Gasteiger partial charge in [-0.2, -0.15) is 0 Å². The van der Waals surface area contributed by atoms with Crippen molar-refractivity contribution >= 4 is 23.8 Å². The van der Waals surface area contributed by atoms with E-state index < -0.39 is 17.6 Å². The van der Waals surface area contributed by atoms with Crippen molar-refractivity contribution in [1.82, 2.24) is 10.3 Å². The monoisotopic (exact) mass is 533 g/mol. The minimum absolute atomic E-state index is 0.295. The fraction of sp³-hybridized carbons (Fsp3) is 0.387. The zero-order valence-corrected chi connectivity index (χ0v) is 24.3. The zero-order chi connectivity index (χ0) is 28.0. The van der Waals surface area contributed by atoms with Gasteiger partial charge in [-0.3, -0.25) is 9.78 Å². The van der Waals surface area contributed by atoms with Crippen LogP contribution in [0, 0.1) is 19.8 Å². The maximum atomic E-state index is 12.6. The predicted molar refractivity (Wildman–Crippen MR) is 155 cm³/mol. The van der Waals surface area contributed by atoms with Gasteiger partial charge in [-0.15, -0.1) is 11.8 Å². The molecule has 0 fully saturated rings. The number of hydrogen-bond donors (Lipinski definition) is 2. The molecule has 0 saturated carbocycles. The molecule has 38 heavy (non-hydrogen) atoms. The number of alkyl carbamates (subject to hydrolysis) is 1. The minimum atomic E-state index is -0.591. The second-order valence-corrected chi connectivity index (χ2v) is 12.0. The predicted octanol–water partition coefficient (Wildman–Crippen LogP) is 6.98. The van der Waals surface area contributed by atoms with Gasteiger partial charge in [0, 0.05) is 34.1 Å². The standard InChI is InChI=1S/C31H39N3O3S/c1-19(2)16-26-24(17-33-30(36)37-31(5,6)7)28(22-14-12-20(3)13-15-22)25(21(4)34-26)18-38-27-11-9-8-10-23(27)29(32)35/h8-15,19H,16-18H2,1-7H3,(H2,32,35)(H,33,36). The number of benzene rings is 2. The number of nitrogens with zero attached hydrogens (tertiary/aromatic N) is 1. The maximum absolute atomic E-state index is 12.6. The fourth-order valence-electron chi connectivity index (χ4n) is 4.26. The summed E-state index contributed by atoms with van der Waals surface area (Å²) in [5.74, 6) is 0.528. The molecule has 7 heteroatoms. The summed E-state index contributed by atoms with van der Waals surface area (Å²) in [7, 11) is 0. The molecule has 1 aromatic heterocycles. The van der Waals surface area contributed by atoms with E-state index in [-0.39, 0.29) is 0 Å². The number of nitrogens with one attached hydrogen (secondary N) is 1. The van der Waals surface area contributed by atoms with Crippen LogP contribution in [0.5, 0.6) is 0 Å². The van der Waals surface area contributed by atoms with E-state index in [4.69, 9.17) is 15.5 Å². The smallest absolute Gasteiger partial charge is 0.407 e. The van der Waals surface area contributed by atoms with E-state index in [2.05, 4.69) is 50.4 Å². The summed E-state index contributed by atoms with van der Waals surface area (Å²) in [4.78, 5) is 30.5. The lowest BCUT2D eigenvalue weighted by molar-refractivity contribution is 0.0523. The molecule has 0 unspecified atom stereocenters. The molecular weight excluding hydrogens is 494 g/mol. The molecular formula is C31H39N3O3S. The van der Waals surface area contributed by atoms with Crippen LogP contribution in [0.2, 0.25) is 0 Å². The Bertz CT molecular complexity index is 1290. The molecule has 0 bridgehead atoms. The maximum Gasteiger partial charge on any atom is 0.407 e. The lowest BCUT2D eigenvalue weighted by Crippen LogP contribution is -2.32. The highest BCUT2D eigenvalue weighted by molar-refractivity contribution is 7.98. The van der Waals surface area contributed by atoms with E-state index in [1.165, 1.54) is 5.56 Å². The number of nitrogens with two attached hydrogens (primary N) is 1. The first kappa shape index (κ1) is 29.2. The number of thioether (sulfide) groups is 1. The van der Waals surface area contributed by atoms with Crippen LogP contribution in [0.4, 0.5) is 4.79 Å². The summed E-state index contributed by atoms with van der Waals surface area (Å²) >= 11 is 1.56. The van der Waals surface area contributed by atoms with Gasteiger partial charge < -0.3 is 15.8 Å². The van der Waals surface area contributed by atoms with Crippen LogP contribution in [-0.4, -0.2) is 22.6 Å². The molecule has 2 aromatic carbocycles. The van der Waals surface area contributed by atoms with Crippen molar-refractivity contribution in [2.75, 3.05) is 0 Å². The second kappa shape index (κ2) is 12.5. The van der Waals surface area contributed by atoms with Crippen LogP contribution < -0.4 is 11.1 Å². The van der Waals surface area contributed by atoms with Gasteiger partial charge in [-0.05, 0) is 75.8 Å². The Hall–Kier alpha value is -3.32. The number of pyridine rings is 1. The number of ether oxygens (including phenoxy) is 1. The molecule has 1 heterocycles. The average Bonchev–Trinajstić information content (AvgIpc) is 2.81. The van der Waals surface area contributed by atoms with Crippen molar-refractivity contribution in [3.8, 4) is 11.1 Å². The first-order chi connectivity index (χ1) is 17.9. The molecule has 202 valence electrons. The van der Waals surface area contributed by atoms with E-state index in [9.17, 15) is 9.59 Å². The van der Waals surface area contributed by atoms with E-state index in [0.717, 1.165) is 45.0 Å². The van der Waals surface area contributed by atoms with E-state index in [1.807, 2.05) is 45.9 Å². The number of primary amides is 1. The number of aryl methyl sites for hydroxylation is 2. The largest absolute Gasteiger partial charge is 0.444 e. The van der Waals surface area contributed by atoms with Crippen molar-refractivity contribution < 1.29 is 14.3 Å². The van der Waals surface area contributed by atoms with E-state index >= 15 is 0 Å². The average molecular weight is 534 g/mol. The highest BCUT2D eigenvalue weighted by Gasteiger charge is 2.23. The van der Waals surface area contributed by atoms with Crippen LogP contribution in [0.3, 0.4) is 0 Å². The summed E-state index contributed by atoms with van der Waals surface area (Å²) in [5.41, 5.74) is 12.8. The molecule has 0 atom stereocenters. The summed E-state index contributed by atoms with van der Waals surface area (Å²) in [6.07, 6.45) is 0.318. The number of aromatic nitrogens is 1. The summed E-state index contributed by atoms with van der Waals surface area (Å²) in [6.45, 7) is 14.3. The minimum Gasteiger partial charge on any atom is -0.444 e. The summed E-state index contributed by atoms with van der Waals surface area (Å²) < 4.78 is 5.52. The Labute approximate surface area is 230 Å². The molecule has 3 rings (SSSR count). The molecule has 6 nitrogen and oxygen atoms in total. The molecule has 0 radical (unpaired) electrons. The Morgan fingerprint density at radius 1 is 1.03 bits per heavy atom. The third kappa shape index (κ3) is 7.84. The van der Waals surface area contributed by atoms with Crippen molar-refractivity contribution in [2.45, 2.75) is 77.7 Å². The summed E-state index contributed by atoms with van der Waals surface area (Å²) in [5, 5.41) is 2.97. The van der Waals surface area contributed by atoms with Gasteiger partial charge in [-0.1, -0.05) is 55.8 Å². The van der Waals surface area contributed by atoms with Crippen LogP contribution in [-0.2, 0) is 23.5 Å². The van der Waals surface area contributed by atoms with Gasteiger partial charge in [0.15, 0.2) is 0 Å². The molecule has 0 aliphatic rings. The lowest BCUT2D eigenvalue weighted by atomic mass is 9.90. The van der Waals surface area contributed by atoms with Gasteiger partial charge in [-0.25, -0.2) is 4.79 Å². The molecule has 2 amide bonds. The number of rotatable bonds is 9. The molecule has 3 N–H and O–H groups in total. The number of carbonyl (C=O) groups excluding carboxylic acids is 2.